The van der Waals surface area contributed by atoms with Gasteiger partial charge in [0.1, 0.15) is 29.4 Å². The molecule has 0 aliphatic heterocycles. The molecule has 5 N–H and O–H groups in total. The summed E-state index contributed by atoms with van der Waals surface area (Å²) >= 11 is 0. The number of carbonyl (C=O) groups excluding carboxylic acids is 1. The molecule has 188 valence electrons. The predicted octanol–water partition coefficient (Wildman–Crippen LogP) is 5.63. The molecule has 1 aliphatic rings. The lowest BCUT2D eigenvalue weighted by molar-refractivity contribution is 0.262. The summed E-state index contributed by atoms with van der Waals surface area (Å²) in [6.45, 7) is 1.96. The molecule has 0 unspecified atom stereocenters. The van der Waals surface area contributed by atoms with E-state index >= 15 is 0 Å². The molecule has 6 rings (SSSR count). The van der Waals surface area contributed by atoms with Crippen LogP contribution in [-0.2, 0) is 0 Å². The highest BCUT2D eigenvalue weighted by molar-refractivity contribution is 6.03. The van der Waals surface area contributed by atoms with Crippen molar-refractivity contribution in [3.05, 3.63) is 54.5 Å². The maximum Gasteiger partial charge on any atom is 0.323 e. The molecule has 1 saturated carbocycles. The highest BCUT2D eigenvalue weighted by Crippen LogP contribution is 2.38. The van der Waals surface area contributed by atoms with Gasteiger partial charge >= 0.3 is 6.03 Å². The number of amides is 2. The van der Waals surface area contributed by atoms with Crippen molar-refractivity contribution in [1.29, 1.82) is 0 Å². The summed E-state index contributed by atoms with van der Waals surface area (Å²) in [5.41, 5.74) is 11.8. The van der Waals surface area contributed by atoms with Crippen molar-refractivity contribution in [3.8, 4) is 17.1 Å². The van der Waals surface area contributed by atoms with Crippen LogP contribution in [0.25, 0.3) is 33.5 Å². The van der Waals surface area contributed by atoms with E-state index in [0.29, 0.717) is 34.8 Å². The van der Waals surface area contributed by atoms with Gasteiger partial charge in [0.05, 0.1) is 29.2 Å². The number of nitrogens with zero attached hydrogens (tertiary/aromatic N) is 4. The molecule has 0 bridgehead atoms. The maximum atomic E-state index is 12.7. The van der Waals surface area contributed by atoms with Crippen molar-refractivity contribution in [2.75, 3.05) is 23.5 Å². The summed E-state index contributed by atoms with van der Waals surface area (Å²) in [5.74, 6) is 1.71. The second-order valence-electron chi connectivity index (χ2n) is 9.45. The molecule has 3 aromatic heterocycles. The molecule has 1 fully saturated rings. The fraction of sp³-hybridized carbons (Fsp3) is 0.259. The average molecular weight is 497 g/mol. The van der Waals surface area contributed by atoms with Crippen molar-refractivity contribution in [3.63, 3.8) is 0 Å². The van der Waals surface area contributed by atoms with E-state index < -0.39 is 0 Å². The number of hydrogen-bond acceptors (Lipinski definition) is 6. The van der Waals surface area contributed by atoms with Crippen LogP contribution in [0.3, 0.4) is 0 Å². The molecule has 0 spiro atoms. The Kier molecular flexibility index (Phi) is 5.63. The maximum absolute atomic E-state index is 12.7. The molecule has 0 atom stereocenters. The van der Waals surface area contributed by atoms with E-state index in [0.717, 1.165) is 46.0 Å². The van der Waals surface area contributed by atoms with E-state index in [9.17, 15) is 4.79 Å². The molecule has 10 heteroatoms. The highest BCUT2D eigenvalue weighted by Gasteiger charge is 2.24. The smallest absolute Gasteiger partial charge is 0.323 e. The SMILES string of the molecule is COc1ccc(C)cc1NC(=O)Nc1ccc2nc(-c3cn(C4CCCC4)c4ncnc(N)c34)[nH]c2c1. The molecular formula is C27H28N8O2. The fourth-order valence-corrected chi connectivity index (χ4v) is 5.17. The van der Waals surface area contributed by atoms with E-state index in [2.05, 4.69) is 36.3 Å². The third-order valence-electron chi connectivity index (χ3n) is 6.95. The van der Waals surface area contributed by atoms with E-state index in [1.54, 1.807) is 7.11 Å². The van der Waals surface area contributed by atoms with Crippen LogP contribution in [0.1, 0.15) is 37.3 Å². The van der Waals surface area contributed by atoms with Crippen molar-refractivity contribution in [2.24, 2.45) is 0 Å². The van der Waals surface area contributed by atoms with Gasteiger partial charge in [0, 0.05) is 23.5 Å². The van der Waals surface area contributed by atoms with Gasteiger partial charge in [0.15, 0.2) is 0 Å². The lowest BCUT2D eigenvalue weighted by atomic mass is 10.2. The van der Waals surface area contributed by atoms with Crippen LogP contribution in [0.5, 0.6) is 5.75 Å². The molecule has 37 heavy (non-hydrogen) atoms. The van der Waals surface area contributed by atoms with E-state index in [-0.39, 0.29) is 6.03 Å². The van der Waals surface area contributed by atoms with Crippen LogP contribution >= 0.6 is 0 Å². The monoisotopic (exact) mass is 496 g/mol. The van der Waals surface area contributed by atoms with Gasteiger partial charge in [-0.05, 0) is 55.7 Å². The van der Waals surface area contributed by atoms with Gasteiger partial charge in [-0.2, -0.15) is 0 Å². The summed E-state index contributed by atoms with van der Waals surface area (Å²) in [7, 11) is 1.57. The number of nitrogens with two attached hydrogens (primary N) is 1. The number of urea groups is 1. The first kappa shape index (κ1) is 22.8. The number of imidazole rings is 1. The van der Waals surface area contributed by atoms with Gasteiger partial charge in [-0.15, -0.1) is 0 Å². The number of ether oxygens (including phenoxy) is 1. The lowest BCUT2D eigenvalue weighted by Gasteiger charge is -2.12. The standard InChI is InChI=1S/C27H28N8O2/c1-15-7-10-22(37-2)21(11-15)34-27(36)31-16-8-9-19-20(12-16)33-25(32-19)18-13-35(17-5-3-4-6-17)26-23(18)24(28)29-14-30-26/h7-14,17H,3-6H2,1-2H3,(H,32,33)(H2,28,29,30)(H2,31,34,36). The summed E-state index contributed by atoms with van der Waals surface area (Å²) in [6.07, 6.45) is 8.28. The molecule has 0 saturated heterocycles. The first-order valence-corrected chi connectivity index (χ1v) is 12.3. The first-order valence-electron chi connectivity index (χ1n) is 12.3. The molecular weight excluding hydrogens is 468 g/mol. The molecule has 1 aliphatic carbocycles. The molecule has 3 heterocycles. The Hall–Kier alpha value is -4.60. The Morgan fingerprint density at radius 1 is 1.14 bits per heavy atom. The Morgan fingerprint density at radius 3 is 2.78 bits per heavy atom. The molecule has 2 aromatic carbocycles. The van der Waals surface area contributed by atoms with E-state index in [1.807, 2.05) is 43.3 Å². The van der Waals surface area contributed by atoms with E-state index in [4.69, 9.17) is 15.5 Å². The lowest BCUT2D eigenvalue weighted by Crippen LogP contribution is -2.19. The normalized spacial score (nSPS) is 13.9. The van der Waals surface area contributed by atoms with Crippen molar-refractivity contribution in [2.45, 2.75) is 38.6 Å². The Bertz CT molecular complexity index is 1630. The molecule has 2 amide bonds. The van der Waals surface area contributed by atoms with Gasteiger partial charge in [0.25, 0.3) is 0 Å². The van der Waals surface area contributed by atoms with Crippen molar-refractivity contribution in [1.82, 2.24) is 24.5 Å². The molecule has 5 aromatic rings. The number of fused-ring (bicyclic) bond motifs is 2. The number of hydrogen-bond donors (Lipinski definition) is 4. The van der Waals surface area contributed by atoms with Crippen molar-refractivity contribution >= 4 is 45.3 Å². The number of carbonyl (C=O) groups is 1. The minimum Gasteiger partial charge on any atom is -0.495 e. The second-order valence-corrected chi connectivity index (χ2v) is 9.45. The molecule has 0 radical (unpaired) electrons. The van der Waals surface area contributed by atoms with Crippen LogP contribution in [0.4, 0.5) is 22.0 Å². The second kappa shape index (κ2) is 9.12. The Morgan fingerprint density at radius 2 is 1.97 bits per heavy atom. The zero-order valence-corrected chi connectivity index (χ0v) is 20.7. The van der Waals surface area contributed by atoms with Gasteiger partial charge in [-0.1, -0.05) is 18.9 Å². The van der Waals surface area contributed by atoms with Crippen molar-refractivity contribution < 1.29 is 9.53 Å². The number of rotatable bonds is 5. The van der Waals surface area contributed by atoms with Gasteiger partial charge in [-0.3, -0.25) is 0 Å². The van der Waals surface area contributed by atoms with Gasteiger partial charge in [-0.25, -0.2) is 19.7 Å². The first-order chi connectivity index (χ1) is 18.0. The minimum atomic E-state index is -0.368. The van der Waals surface area contributed by atoms with Gasteiger partial charge < -0.3 is 30.7 Å². The summed E-state index contributed by atoms with van der Waals surface area (Å²) in [5, 5.41) is 6.54. The quantitative estimate of drug-likeness (QED) is 0.249. The zero-order valence-electron chi connectivity index (χ0n) is 20.7. The number of anilines is 3. The average Bonchev–Trinajstić information content (AvgIpc) is 3.62. The van der Waals surface area contributed by atoms with Gasteiger partial charge in [0.2, 0.25) is 0 Å². The number of aryl methyl sites for hydroxylation is 1. The van der Waals surface area contributed by atoms with E-state index in [1.165, 1.54) is 19.2 Å². The van der Waals surface area contributed by atoms with Crippen LogP contribution in [0, 0.1) is 6.92 Å². The number of H-pyrrole nitrogens is 1. The van der Waals surface area contributed by atoms with Crippen LogP contribution in [0.15, 0.2) is 48.9 Å². The number of aromatic nitrogens is 5. The fourth-order valence-electron chi connectivity index (χ4n) is 5.17. The Balaban J connectivity index is 1.30. The zero-order chi connectivity index (χ0) is 25.5. The number of methoxy groups -OCH3 is 1. The largest absolute Gasteiger partial charge is 0.495 e. The van der Waals surface area contributed by atoms with Crippen LogP contribution in [-0.4, -0.2) is 37.6 Å². The van der Waals surface area contributed by atoms with Crippen LogP contribution < -0.4 is 21.1 Å². The third kappa shape index (κ3) is 4.20. The summed E-state index contributed by atoms with van der Waals surface area (Å²) < 4.78 is 7.57. The third-order valence-corrected chi connectivity index (χ3v) is 6.95. The summed E-state index contributed by atoms with van der Waals surface area (Å²) in [6, 6.07) is 11.2. The summed E-state index contributed by atoms with van der Waals surface area (Å²) in [4.78, 5) is 29.7. The van der Waals surface area contributed by atoms with Crippen LogP contribution in [0.2, 0.25) is 0 Å². The topological polar surface area (TPSA) is 136 Å². The number of nitrogens with one attached hydrogen (secondary N) is 3. The Labute approximate surface area is 213 Å². The minimum absolute atomic E-state index is 0.368. The number of benzene rings is 2. The number of nitrogen functional groups attached to an aromatic ring is 1. The number of aromatic amines is 1. The highest BCUT2D eigenvalue weighted by atomic mass is 16.5. The predicted molar refractivity (Wildman–Crippen MR) is 145 cm³/mol. The molecule has 10 nitrogen and oxygen atoms in total.